The Balaban J connectivity index is 1.99. The molecule has 0 amide bonds. The van der Waals surface area contributed by atoms with Crippen molar-refractivity contribution >= 4 is 11.6 Å². The molecule has 1 fully saturated rings. The van der Waals surface area contributed by atoms with Crippen LogP contribution in [0.3, 0.4) is 0 Å². The minimum absolute atomic E-state index is 0.498. The fourth-order valence-electron chi connectivity index (χ4n) is 0.900. The Morgan fingerprint density at radius 2 is 2.25 bits per heavy atom. The topological polar surface area (TPSA) is 12.5 Å². The third-order valence-electron chi connectivity index (χ3n) is 1.48. The van der Waals surface area contributed by atoms with E-state index in [-0.39, 0.29) is 0 Å². The zero-order valence-electron chi connectivity index (χ0n) is 5.06. The molecular weight excluding hydrogens is 124 g/mol. The second-order valence-corrected chi connectivity index (χ2v) is 2.48. The van der Waals surface area contributed by atoms with E-state index in [0.717, 1.165) is 18.7 Å². The summed E-state index contributed by atoms with van der Waals surface area (Å²) in [6.07, 6.45) is 3.20. The van der Waals surface area contributed by atoms with E-state index in [9.17, 15) is 0 Å². The van der Waals surface area contributed by atoms with Gasteiger partial charge in [0.2, 0.25) is 0 Å². The van der Waals surface area contributed by atoms with Crippen LogP contribution in [0, 0.1) is 0 Å². The molecule has 1 rings (SSSR count). The molecule has 0 bridgehead atoms. The maximum atomic E-state index is 5.48. The van der Waals surface area contributed by atoms with Gasteiger partial charge in [-0.1, -0.05) is 6.92 Å². The molecule has 0 aromatic heterocycles. The first-order chi connectivity index (χ1) is 3.88. The van der Waals surface area contributed by atoms with Gasteiger partial charge in [-0.05, 0) is 12.8 Å². The fourth-order valence-corrected chi connectivity index (χ4v) is 1.11. The molecule has 1 aliphatic heterocycles. The summed E-state index contributed by atoms with van der Waals surface area (Å²) >= 11 is 5.48. The Hall–Kier alpha value is 0.250. The van der Waals surface area contributed by atoms with Gasteiger partial charge in [-0.25, -0.2) is 0 Å². The highest BCUT2D eigenvalue weighted by Crippen LogP contribution is 2.27. The van der Waals surface area contributed by atoms with Gasteiger partial charge in [0.05, 0.1) is 12.2 Å². The molecule has 2 atom stereocenters. The summed E-state index contributed by atoms with van der Waals surface area (Å²) in [4.78, 5) is 0. The van der Waals surface area contributed by atoms with Gasteiger partial charge in [-0.3, -0.25) is 0 Å². The van der Waals surface area contributed by atoms with Gasteiger partial charge in [0.25, 0.3) is 0 Å². The van der Waals surface area contributed by atoms with E-state index < -0.39 is 0 Å². The highest BCUT2D eigenvalue weighted by Gasteiger charge is 2.35. The van der Waals surface area contributed by atoms with Gasteiger partial charge in [-0.2, -0.15) is 0 Å². The van der Waals surface area contributed by atoms with E-state index in [1.807, 2.05) is 0 Å². The Morgan fingerprint density at radius 1 is 1.50 bits per heavy atom. The molecule has 1 saturated heterocycles. The van der Waals surface area contributed by atoms with E-state index in [0.29, 0.717) is 12.2 Å². The molecule has 0 aromatic carbocycles. The van der Waals surface area contributed by atoms with Crippen LogP contribution in [-0.2, 0) is 4.74 Å². The maximum absolute atomic E-state index is 5.48. The summed E-state index contributed by atoms with van der Waals surface area (Å²) in [7, 11) is 0. The van der Waals surface area contributed by atoms with Crippen LogP contribution in [0.1, 0.15) is 19.8 Å². The van der Waals surface area contributed by atoms with Gasteiger partial charge in [-0.15, -0.1) is 11.6 Å². The van der Waals surface area contributed by atoms with Gasteiger partial charge < -0.3 is 4.74 Å². The lowest BCUT2D eigenvalue weighted by Crippen LogP contribution is -1.91. The van der Waals surface area contributed by atoms with Crippen LogP contribution >= 0.6 is 11.6 Å². The number of halogens is 1. The highest BCUT2D eigenvalue weighted by molar-refractivity contribution is 6.17. The van der Waals surface area contributed by atoms with Crippen molar-refractivity contribution in [3.05, 3.63) is 0 Å². The molecule has 0 saturated carbocycles. The van der Waals surface area contributed by atoms with Crippen LogP contribution < -0.4 is 0 Å². The van der Waals surface area contributed by atoms with E-state index in [1.54, 1.807) is 0 Å². The van der Waals surface area contributed by atoms with Crippen molar-refractivity contribution in [3.63, 3.8) is 0 Å². The number of epoxide rings is 1. The van der Waals surface area contributed by atoms with Gasteiger partial charge in [0, 0.05) is 5.88 Å². The zero-order valence-corrected chi connectivity index (χ0v) is 5.82. The summed E-state index contributed by atoms with van der Waals surface area (Å²) in [5.41, 5.74) is 0. The molecule has 0 radical (unpaired) electrons. The van der Waals surface area contributed by atoms with Crippen LogP contribution in [0.4, 0.5) is 0 Å². The summed E-state index contributed by atoms with van der Waals surface area (Å²) < 4.78 is 5.22. The molecule has 0 N–H and O–H groups in total. The van der Waals surface area contributed by atoms with Gasteiger partial charge >= 0.3 is 0 Å². The van der Waals surface area contributed by atoms with E-state index >= 15 is 0 Å². The first-order valence-electron chi connectivity index (χ1n) is 3.10. The summed E-state index contributed by atoms with van der Waals surface area (Å²) in [6.45, 7) is 2.14. The molecule has 2 heteroatoms. The lowest BCUT2D eigenvalue weighted by atomic mass is 10.2. The van der Waals surface area contributed by atoms with Crippen LogP contribution in [0.5, 0.6) is 0 Å². The van der Waals surface area contributed by atoms with Crippen molar-refractivity contribution in [3.8, 4) is 0 Å². The SMILES string of the molecule is CC[C@H]1O[C@@H]1CCCl. The number of hydrogen-bond donors (Lipinski definition) is 0. The second kappa shape index (κ2) is 2.70. The number of rotatable bonds is 3. The monoisotopic (exact) mass is 134 g/mol. The van der Waals surface area contributed by atoms with Crippen molar-refractivity contribution in [2.75, 3.05) is 5.88 Å². The van der Waals surface area contributed by atoms with Crippen molar-refractivity contribution < 1.29 is 4.74 Å². The molecular formula is C6H11ClO. The standard InChI is InChI=1S/C6H11ClO/c1-2-5-6(8-5)3-4-7/h5-6H,2-4H2,1H3/t5-,6-/m1/s1. The summed E-state index contributed by atoms with van der Waals surface area (Å²) in [6, 6.07) is 0. The molecule has 1 aliphatic rings. The fraction of sp³-hybridized carbons (Fsp3) is 1.00. The van der Waals surface area contributed by atoms with Crippen molar-refractivity contribution in [2.24, 2.45) is 0 Å². The normalized spacial score (nSPS) is 35.2. The highest BCUT2D eigenvalue weighted by atomic mass is 35.5. The number of hydrogen-bond acceptors (Lipinski definition) is 1. The van der Waals surface area contributed by atoms with Crippen LogP contribution in [0.2, 0.25) is 0 Å². The molecule has 0 aromatic rings. The van der Waals surface area contributed by atoms with Crippen molar-refractivity contribution in [1.82, 2.24) is 0 Å². The molecule has 8 heavy (non-hydrogen) atoms. The first-order valence-corrected chi connectivity index (χ1v) is 3.63. The largest absolute Gasteiger partial charge is 0.370 e. The van der Waals surface area contributed by atoms with Crippen molar-refractivity contribution in [1.29, 1.82) is 0 Å². The first kappa shape index (κ1) is 6.37. The number of ether oxygens (including phenoxy) is 1. The third-order valence-corrected chi connectivity index (χ3v) is 1.70. The van der Waals surface area contributed by atoms with E-state index in [2.05, 4.69) is 6.92 Å². The smallest absolute Gasteiger partial charge is 0.0853 e. The minimum Gasteiger partial charge on any atom is -0.370 e. The zero-order chi connectivity index (χ0) is 5.98. The lowest BCUT2D eigenvalue weighted by molar-refractivity contribution is 0.364. The van der Waals surface area contributed by atoms with E-state index in [4.69, 9.17) is 16.3 Å². The maximum Gasteiger partial charge on any atom is 0.0853 e. The third kappa shape index (κ3) is 1.36. The molecule has 0 unspecified atom stereocenters. The lowest BCUT2D eigenvalue weighted by Gasteiger charge is -1.82. The van der Waals surface area contributed by atoms with Gasteiger partial charge in [0.15, 0.2) is 0 Å². The minimum atomic E-state index is 0.498. The number of alkyl halides is 1. The Labute approximate surface area is 55.0 Å². The Kier molecular flexibility index (Phi) is 2.15. The van der Waals surface area contributed by atoms with Crippen LogP contribution in [-0.4, -0.2) is 18.1 Å². The Morgan fingerprint density at radius 3 is 2.62 bits per heavy atom. The predicted molar refractivity (Wildman–Crippen MR) is 34.3 cm³/mol. The molecule has 1 nitrogen and oxygen atoms in total. The molecule has 48 valence electrons. The second-order valence-electron chi connectivity index (χ2n) is 2.10. The molecule has 0 spiro atoms. The summed E-state index contributed by atoms with van der Waals surface area (Å²) in [5.74, 6) is 0.737. The van der Waals surface area contributed by atoms with Crippen LogP contribution in [0.15, 0.2) is 0 Å². The van der Waals surface area contributed by atoms with Crippen molar-refractivity contribution in [2.45, 2.75) is 32.0 Å². The van der Waals surface area contributed by atoms with Gasteiger partial charge in [0.1, 0.15) is 0 Å². The molecule has 0 aliphatic carbocycles. The van der Waals surface area contributed by atoms with E-state index in [1.165, 1.54) is 0 Å². The average Bonchev–Trinajstić information content (AvgIpc) is 2.48. The average molecular weight is 135 g/mol. The van der Waals surface area contributed by atoms with Crippen LogP contribution in [0.25, 0.3) is 0 Å². The quantitative estimate of drug-likeness (QED) is 0.424. The summed E-state index contributed by atoms with van der Waals surface area (Å²) in [5, 5.41) is 0. The predicted octanol–water partition coefficient (Wildman–Crippen LogP) is 1.79. The molecule has 1 heterocycles. The Bertz CT molecular complexity index is 74.9.